The topological polar surface area (TPSA) is 95.9 Å². The van der Waals surface area contributed by atoms with Crippen molar-refractivity contribution in [2.45, 2.75) is 4.90 Å². The highest BCUT2D eigenvalue weighted by Crippen LogP contribution is 2.19. The maximum absolute atomic E-state index is 12.5. The summed E-state index contributed by atoms with van der Waals surface area (Å²) < 4.78 is 31.6. The molecule has 0 bridgehead atoms. The van der Waals surface area contributed by atoms with Crippen LogP contribution in [0.5, 0.6) is 5.75 Å². The number of aromatic hydroxyl groups is 1. The Bertz CT molecular complexity index is 859. The smallest absolute Gasteiger partial charge is 0.255 e. The van der Waals surface area contributed by atoms with Crippen molar-refractivity contribution in [2.24, 2.45) is 0 Å². The van der Waals surface area contributed by atoms with Gasteiger partial charge in [-0.3, -0.25) is 4.79 Å². The van der Waals surface area contributed by atoms with Crippen LogP contribution in [0, 0.1) is 0 Å². The zero-order chi connectivity index (χ0) is 17.9. The van der Waals surface area contributed by atoms with E-state index in [0.717, 1.165) is 0 Å². The first-order valence-corrected chi connectivity index (χ1v) is 9.19. The first-order valence-electron chi connectivity index (χ1n) is 7.75. The molecule has 0 spiro atoms. The average molecular weight is 362 g/mol. The van der Waals surface area contributed by atoms with Gasteiger partial charge in [0, 0.05) is 30.4 Å². The highest BCUT2D eigenvalue weighted by molar-refractivity contribution is 7.89. The van der Waals surface area contributed by atoms with E-state index >= 15 is 0 Å². The molecule has 0 aromatic heterocycles. The number of phenolic OH excluding ortho intramolecular Hbond substituents is 1. The summed E-state index contributed by atoms with van der Waals surface area (Å²) in [4.78, 5) is 12.4. The van der Waals surface area contributed by atoms with Crippen molar-refractivity contribution in [3.63, 3.8) is 0 Å². The van der Waals surface area contributed by atoms with Gasteiger partial charge in [0.2, 0.25) is 10.0 Å². The molecule has 0 aliphatic carbocycles. The summed E-state index contributed by atoms with van der Waals surface area (Å²) in [5.74, 6) is -0.342. The largest absolute Gasteiger partial charge is 0.508 e. The standard InChI is InChI=1S/C17H18N2O5S/c20-15-3-1-2-14(12-15)18-17(21)13-4-6-16(7-5-13)25(22,23)19-8-10-24-11-9-19/h1-7,12,20H,8-11H2,(H,18,21). The Kier molecular flexibility index (Phi) is 5.03. The highest BCUT2D eigenvalue weighted by Gasteiger charge is 2.26. The van der Waals surface area contributed by atoms with E-state index in [1.807, 2.05) is 0 Å². The third-order valence-corrected chi connectivity index (χ3v) is 5.74. The Morgan fingerprint density at radius 2 is 1.76 bits per heavy atom. The van der Waals surface area contributed by atoms with Crippen LogP contribution in [0.25, 0.3) is 0 Å². The molecule has 8 heteroatoms. The second-order valence-electron chi connectivity index (χ2n) is 5.55. The molecule has 0 radical (unpaired) electrons. The van der Waals surface area contributed by atoms with Crippen molar-refractivity contribution in [1.82, 2.24) is 4.31 Å². The SMILES string of the molecule is O=C(Nc1cccc(O)c1)c1ccc(S(=O)(=O)N2CCOCC2)cc1. The molecule has 0 atom stereocenters. The number of phenols is 1. The molecule has 0 unspecified atom stereocenters. The van der Waals surface area contributed by atoms with Crippen LogP contribution < -0.4 is 5.32 Å². The second-order valence-corrected chi connectivity index (χ2v) is 7.48. The van der Waals surface area contributed by atoms with Crippen LogP contribution in [-0.2, 0) is 14.8 Å². The number of carbonyl (C=O) groups is 1. The number of hydrogen-bond donors (Lipinski definition) is 2. The Balaban J connectivity index is 1.74. The number of nitrogens with zero attached hydrogens (tertiary/aromatic N) is 1. The number of anilines is 1. The van der Waals surface area contributed by atoms with E-state index in [2.05, 4.69) is 5.32 Å². The Labute approximate surface area is 145 Å². The molecule has 1 aliphatic heterocycles. The van der Waals surface area contributed by atoms with Gasteiger partial charge < -0.3 is 15.2 Å². The molecular formula is C17H18N2O5S. The van der Waals surface area contributed by atoms with Crippen molar-refractivity contribution >= 4 is 21.6 Å². The van der Waals surface area contributed by atoms with Gasteiger partial charge in [0.05, 0.1) is 18.1 Å². The minimum atomic E-state index is -3.58. The summed E-state index contributed by atoms with van der Waals surface area (Å²) in [5.41, 5.74) is 0.777. The van der Waals surface area contributed by atoms with Gasteiger partial charge in [0.15, 0.2) is 0 Å². The number of sulfonamides is 1. The molecule has 2 aromatic carbocycles. The van der Waals surface area contributed by atoms with Gasteiger partial charge in [-0.05, 0) is 36.4 Å². The summed E-state index contributed by atoms with van der Waals surface area (Å²) in [6.07, 6.45) is 0. The van der Waals surface area contributed by atoms with Gasteiger partial charge in [-0.25, -0.2) is 8.42 Å². The fourth-order valence-corrected chi connectivity index (χ4v) is 3.91. The lowest BCUT2D eigenvalue weighted by atomic mass is 10.2. The van der Waals surface area contributed by atoms with Crippen LogP contribution in [0.3, 0.4) is 0 Å². The predicted octanol–water partition coefficient (Wildman–Crippen LogP) is 1.67. The van der Waals surface area contributed by atoms with Crippen LogP contribution in [0.4, 0.5) is 5.69 Å². The molecule has 3 rings (SSSR count). The van der Waals surface area contributed by atoms with E-state index in [4.69, 9.17) is 4.74 Å². The van der Waals surface area contributed by atoms with E-state index in [1.165, 1.54) is 40.7 Å². The van der Waals surface area contributed by atoms with E-state index < -0.39 is 10.0 Å². The number of hydrogen-bond acceptors (Lipinski definition) is 5. The van der Waals surface area contributed by atoms with E-state index in [1.54, 1.807) is 12.1 Å². The second kappa shape index (κ2) is 7.22. The lowest BCUT2D eigenvalue weighted by Gasteiger charge is -2.26. The molecule has 1 saturated heterocycles. The molecule has 0 saturated carbocycles. The van der Waals surface area contributed by atoms with Gasteiger partial charge in [0.1, 0.15) is 5.75 Å². The van der Waals surface area contributed by atoms with Crippen molar-refractivity contribution in [1.29, 1.82) is 0 Å². The number of nitrogens with one attached hydrogen (secondary N) is 1. The first-order chi connectivity index (χ1) is 12.0. The molecule has 1 fully saturated rings. The lowest BCUT2D eigenvalue weighted by Crippen LogP contribution is -2.40. The van der Waals surface area contributed by atoms with Gasteiger partial charge in [-0.1, -0.05) is 6.07 Å². The molecule has 1 amide bonds. The normalized spacial score (nSPS) is 15.7. The van der Waals surface area contributed by atoms with Crippen LogP contribution in [0.2, 0.25) is 0 Å². The van der Waals surface area contributed by atoms with Crippen molar-refractivity contribution in [2.75, 3.05) is 31.6 Å². The zero-order valence-corrected chi connectivity index (χ0v) is 14.2. The molecule has 2 aromatic rings. The van der Waals surface area contributed by atoms with Crippen LogP contribution in [-0.4, -0.2) is 50.0 Å². The van der Waals surface area contributed by atoms with Crippen molar-refractivity contribution < 1.29 is 23.1 Å². The molecule has 132 valence electrons. The van der Waals surface area contributed by atoms with Crippen LogP contribution in [0.15, 0.2) is 53.4 Å². The summed E-state index contributed by atoms with van der Waals surface area (Å²) in [6.45, 7) is 1.40. The molecule has 1 aliphatic rings. The molecular weight excluding hydrogens is 344 g/mol. The summed E-state index contributed by atoms with van der Waals surface area (Å²) in [6, 6.07) is 12.0. The fourth-order valence-electron chi connectivity index (χ4n) is 2.50. The lowest BCUT2D eigenvalue weighted by molar-refractivity contribution is 0.0730. The minimum absolute atomic E-state index is 0.0461. The van der Waals surface area contributed by atoms with Gasteiger partial charge >= 0.3 is 0 Å². The number of rotatable bonds is 4. The number of morpholine rings is 1. The molecule has 2 N–H and O–H groups in total. The number of carbonyl (C=O) groups excluding carboxylic acids is 1. The third kappa shape index (κ3) is 3.98. The van der Waals surface area contributed by atoms with Gasteiger partial charge in [-0.15, -0.1) is 0 Å². The quantitative estimate of drug-likeness (QED) is 0.862. The maximum atomic E-state index is 12.5. The van der Waals surface area contributed by atoms with Gasteiger partial charge in [-0.2, -0.15) is 4.31 Å². The fraction of sp³-hybridized carbons (Fsp3) is 0.235. The van der Waals surface area contributed by atoms with E-state index in [9.17, 15) is 18.3 Å². The minimum Gasteiger partial charge on any atom is -0.508 e. The van der Waals surface area contributed by atoms with Crippen molar-refractivity contribution in [3.05, 3.63) is 54.1 Å². The number of ether oxygens (including phenoxy) is 1. The van der Waals surface area contributed by atoms with Crippen molar-refractivity contribution in [3.8, 4) is 5.75 Å². The highest BCUT2D eigenvalue weighted by atomic mass is 32.2. The summed E-state index contributed by atoms with van der Waals surface area (Å²) in [5, 5.41) is 12.1. The van der Waals surface area contributed by atoms with Crippen LogP contribution >= 0.6 is 0 Å². The third-order valence-electron chi connectivity index (χ3n) is 3.83. The summed E-state index contributed by atoms with van der Waals surface area (Å²) in [7, 11) is -3.58. The predicted molar refractivity (Wildman–Crippen MR) is 92.1 cm³/mol. The van der Waals surface area contributed by atoms with Gasteiger partial charge in [0.25, 0.3) is 5.91 Å². The Morgan fingerprint density at radius 3 is 2.40 bits per heavy atom. The molecule has 25 heavy (non-hydrogen) atoms. The number of amides is 1. The maximum Gasteiger partial charge on any atom is 0.255 e. The van der Waals surface area contributed by atoms with Crippen LogP contribution in [0.1, 0.15) is 10.4 Å². The van der Waals surface area contributed by atoms with E-state index in [-0.39, 0.29) is 16.6 Å². The molecule has 7 nitrogen and oxygen atoms in total. The number of benzene rings is 2. The Morgan fingerprint density at radius 1 is 1.08 bits per heavy atom. The average Bonchev–Trinajstić information content (AvgIpc) is 2.62. The monoisotopic (exact) mass is 362 g/mol. The van der Waals surface area contributed by atoms with E-state index in [0.29, 0.717) is 37.6 Å². The Hall–Kier alpha value is -2.42. The molecule has 1 heterocycles. The first kappa shape index (κ1) is 17.4. The zero-order valence-electron chi connectivity index (χ0n) is 13.4. The summed E-state index contributed by atoms with van der Waals surface area (Å²) >= 11 is 0.